The molecule has 2 aliphatic rings. The van der Waals surface area contributed by atoms with Crippen molar-refractivity contribution >= 4 is 22.6 Å². The van der Waals surface area contributed by atoms with Gasteiger partial charge in [-0.15, -0.1) is 0 Å². The van der Waals surface area contributed by atoms with Crippen LogP contribution in [0, 0.1) is 0 Å². The number of nitrogens with zero attached hydrogens (tertiary/aromatic N) is 2. The average Bonchev–Trinajstić information content (AvgIpc) is 3.13. The zero-order chi connectivity index (χ0) is 20.6. The second kappa shape index (κ2) is 7.82. The van der Waals surface area contributed by atoms with Gasteiger partial charge in [0, 0.05) is 11.3 Å². The highest BCUT2D eigenvalue weighted by Gasteiger charge is 2.53. The van der Waals surface area contributed by atoms with Crippen molar-refractivity contribution in [2.24, 2.45) is 0 Å². The zero-order valence-corrected chi connectivity index (χ0v) is 17.8. The molecular formula is C25H25N2O2S+. The maximum absolute atomic E-state index is 11.9. The summed E-state index contributed by atoms with van der Waals surface area (Å²) < 4.78 is 7.77. The number of amidine groups is 1. The highest BCUT2D eigenvalue weighted by atomic mass is 32.2. The second-order valence-electron chi connectivity index (χ2n) is 7.65. The van der Waals surface area contributed by atoms with Gasteiger partial charge in [-0.3, -0.25) is 0 Å². The summed E-state index contributed by atoms with van der Waals surface area (Å²) >= 11 is 1.81. The summed E-state index contributed by atoms with van der Waals surface area (Å²) in [6.07, 6.45) is 1.05. The van der Waals surface area contributed by atoms with Gasteiger partial charge in [-0.05, 0) is 41.4 Å². The first-order chi connectivity index (χ1) is 14.7. The molecule has 1 N–H and O–H groups in total. The van der Waals surface area contributed by atoms with Crippen LogP contribution >= 0.6 is 11.8 Å². The third kappa shape index (κ3) is 3.18. The maximum atomic E-state index is 11.9. The molecular weight excluding hydrogens is 392 g/mol. The van der Waals surface area contributed by atoms with Gasteiger partial charge in [0.15, 0.2) is 18.0 Å². The van der Waals surface area contributed by atoms with E-state index in [1.165, 1.54) is 5.56 Å². The van der Waals surface area contributed by atoms with Crippen molar-refractivity contribution in [3.63, 3.8) is 0 Å². The predicted octanol–water partition coefficient (Wildman–Crippen LogP) is 4.53. The standard InChI is InChI=1S/C25H25N2O2S/c1-29-23-11-6-5-10-22(23)26-18-25(28,27-16-7-17-30-24(26)27)21-14-12-20(13-15-21)19-8-3-2-4-9-19/h2-6,8-15,28H,7,16-18H2,1H3/q+1. The summed E-state index contributed by atoms with van der Waals surface area (Å²) in [5.41, 5.74) is 3.17. The van der Waals surface area contributed by atoms with E-state index in [9.17, 15) is 5.11 Å². The van der Waals surface area contributed by atoms with Gasteiger partial charge in [-0.2, -0.15) is 0 Å². The molecule has 0 saturated heterocycles. The minimum absolute atomic E-state index is 0.473. The monoisotopic (exact) mass is 417 g/mol. The molecule has 3 aromatic rings. The smallest absolute Gasteiger partial charge is 0.316 e. The molecule has 2 heterocycles. The lowest BCUT2D eigenvalue weighted by molar-refractivity contribution is -0.656. The molecule has 0 aromatic heterocycles. The van der Waals surface area contributed by atoms with E-state index in [2.05, 4.69) is 51.9 Å². The van der Waals surface area contributed by atoms with Gasteiger partial charge in [-0.1, -0.05) is 66.7 Å². The number of β-amino-alcohol motifs (C(OH)–C–C–N with tert-alkyl or cyclic N) is 1. The number of rotatable bonds is 4. The Balaban J connectivity index is 1.54. The number of benzene rings is 3. The number of hydrogen-bond donors (Lipinski definition) is 1. The number of para-hydroxylation sites is 2. The van der Waals surface area contributed by atoms with Crippen LogP contribution in [-0.4, -0.2) is 40.8 Å². The Bertz CT molecular complexity index is 1080. The third-order valence-electron chi connectivity index (χ3n) is 5.87. The Labute approximate surface area is 181 Å². The van der Waals surface area contributed by atoms with Crippen molar-refractivity contribution in [3.05, 3.63) is 84.4 Å². The minimum Gasteiger partial charge on any atom is -0.492 e. The second-order valence-corrected chi connectivity index (χ2v) is 8.72. The van der Waals surface area contributed by atoms with Crippen molar-refractivity contribution in [3.8, 4) is 16.9 Å². The molecule has 1 unspecified atom stereocenters. The van der Waals surface area contributed by atoms with Crippen molar-refractivity contribution < 1.29 is 14.4 Å². The summed E-state index contributed by atoms with van der Waals surface area (Å²) in [5, 5.41) is 13.0. The summed E-state index contributed by atoms with van der Waals surface area (Å²) in [6.45, 7) is 1.31. The van der Waals surface area contributed by atoms with Crippen LogP contribution in [0.5, 0.6) is 5.75 Å². The lowest BCUT2D eigenvalue weighted by Crippen LogP contribution is -2.41. The molecule has 152 valence electrons. The predicted molar refractivity (Wildman–Crippen MR) is 123 cm³/mol. The Morgan fingerprint density at radius 2 is 1.63 bits per heavy atom. The molecule has 30 heavy (non-hydrogen) atoms. The number of aliphatic hydroxyl groups is 1. The molecule has 0 spiro atoms. The number of anilines is 1. The molecule has 0 saturated carbocycles. The molecule has 0 amide bonds. The summed E-state index contributed by atoms with van der Waals surface area (Å²) in [6, 6.07) is 26.7. The van der Waals surface area contributed by atoms with E-state index in [-0.39, 0.29) is 0 Å². The van der Waals surface area contributed by atoms with Gasteiger partial charge in [0.25, 0.3) is 5.72 Å². The first-order valence-electron chi connectivity index (χ1n) is 10.3. The maximum Gasteiger partial charge on any atom is 0.316 e. The molecule has 5 rings (SSSR count). The van der Waals surface area contributed by atoms with Gasteiger partial charge in [0.05, 0.1) is 13.7 Å². The molecule has 0 radical (unpaired) electrons. The SMILES string of the molecule is COc1ccccc1N1CC(O)(c2ccc(-c3ccccc3)cc2)[N+]2=C1SCCC2. The third-order valence-corrected chi connectivity index (χ3v) is 7.07. The fourth-order valence-corrected chi connectivity index (χ4v) is 5.52. The van der Waals surface area contributed by atoms with Crippen LogP contribution in [0.4, 0.5) is 5.69 Å². The van der Waals surface area contributed by atoms with Gasteiger partial charge in [0.2, 0.25) is 0 Å². The number of ether oxygens (including phenoxy) is 1. The molecule has 1 atom stereocenters. The normalized spacial score (nSPS) is 20.9. The quantitative estimate of drug-likeness (QED) is 0.633. The molecule has 4 nitrogen and oxygen atoms in total. The first kappa shape index (κ1) is 19.2. The Hall–Kier alpha value is -2.76. The van der Waals surface area contributed by atoms with Gasteiger partial charge < -0.3 is 9.84 Å². The summed E-state index contributed by atoms with van der Waals surface area (Å²) in [5.74, 6) is 1.88. The molecule has 0 fully saturated rings. The Morgan fingerprint density at radius 3 is 2.40 bits per heavy atom. The lowest BCUT2D eigenvalue weighted by Gasteiger charge is -2.24. The first-order valence-corrected chi connectivity index (χ1v) is 11.3. The van der Waals surface area contributed by atoms with E-state index >= 15 is 0 Å². The van der Waals surface area contributed by atoms with Crippen LogP contribution in [0.1, 0.15) is 12.0 Å². The van der Waals surface area contributed by atoms with Crippen LogP contribution in [0.2, 0.25) is 0 Å². The van der Waals surface area contributed by atoms with Crippen LogP contribution < -0.4 is 9.64 Å². The number of methoxy groups -OCH3 is 1. The van der Waals surface area contributed by atoms with E-state index in [0.29, 0.717) is 6.54 Å². The highest BCUT2D eigenvalue weighted by molar-refractivity contribution is 8.13. The molecule has 0 aliphatic carbocycles. The molecule has 0 bridgehead atoms. The number of thioether (sulfide) groups is 1. The van der Waals surface area contributed by atoms with E-state index in [1.54, 1.807) is 18.9 Å². The fourth-order valence-electron chi connectivity index (χ4n) is 4.35. The Kier molecular flexibility index (Phi) is 5.01. The largest absolute Gasteiger partial charge is 0.492 e. The fraction of sp³-hybridized carbons (Fsp3) is 0.240. The van der Waals surface area contributed by atoms with Gasteiger partial charge in [0.1, 0.15) is 0 Å². The molecule has 2 aliphatic heterocycles. The Morgan fingerprint density at radius 1 is 0.933 bits per heavy atom. The average molecular weight is 418 g/mol. The van der Waals surface area contributed by atoms with E-state index in [0.717, 1.165) is 46.4 Å². The van der Waals surface area contributed by atoms with Crippen molar-refractivity contribution in [1.29, 1.82) is 0 Å². The highest BCUT2D eigenvalue weighted by Crippen LogP contribution is 2.40. The van der Waals surface area contributed by atoms with Crippen molar-refractivity contribution in [1.82, 2.24) is 0 Å². The lowest BCUT2D eigenvalue weighted by atomic mass is 9.98. The number of hydrogen-bond acceptors (Lipinski definition) is 4. The van der Waals surface area contributed by atoms with Crippen LogP contribution in [0.3, 0.4) is 0 Å². The van der Waals surface area contributed by atoms with E-state index < -0.39 is 5.72 Å². The summed E-state index contributed by atoms with van der Waals surface area (Å²) in [4.78, 5) is 2.20. The zero-order valence-electron chi connectivity index (χ0n) is 17.0. The van der Waals surface area contributed by atoms with Crippen molar-refractivity contribution in [2.75, 3.05) is 30.9 Å². The topological polar surface area (TPSA) is 35.7 Å². The molecule has 5 heteroatoms. The van der Waals surface area contributed by atoms with Crippen molar-refractivity contribution in [2.45, 2.75) is 12.1 Å². The van der Waals surface area contributed by atoms with Gasteiger partial charge in [-0.25, -0.2) is 9.48 Å². The van der Waals surface area contributed by atoms with E-state index in [1.807, 2.05) is 36.4 Å². The van der Waals surface area contributed by atoms with Crippen LogP contribution in [0.25, 0.3) is 11.1 Å². The molecule has 3 aromatic carbocycles. The van der Waals surface area contributed by atoms with Crippen LogP contribution in [-0.2, 0) is 5.72 Å². The minimum atomic E-state index is -1.07. The van der Waals surface area contributed by atoms with Crippen LogP contribution in [0.15, 0.2) is 78.9 Å². The van der Waals surface area contributed by atoms with Gasteiger partial charge >= 0.3 is 5.17 Å². The summed E-state index contributed by atoms with van der Waals surface area (Å²) in [7, 11) is 1.69. The van der Waals surface area contributed by atoms with E-state index in [4.69, 9.17) is 4.74 Å².